The van der Waals surface area contributed by atoms with Crippen LogP contribution in [0, 0.1) is 34.5 Å². The van der Waals surface area contributed by atoms with Gasteiger partial charge >= 0.3 is 0 Å². The second-order valence-electron chi connectivity index (χ2n) is 9.06. The lowest BCUT2D eigenvalue weighted by molar-refractivity contribution is -0.312. The Morgan fingerprint density at radius 3 is 2.50 bits per heavy atom. The first-order chi connectivity index (χ1) is 10.3. The number of Topliss-reactive ketones (excluding diaryl/α,β-unsaturated/α-hetero) is 1. The number of rotatable bonds is 0. The predicted octanol–water partition coefficient (Wildman–Crippen LogP) is 3.28. The minimum atomic E-state index is -1.52. The molecule has 2 N–H and O–H groups in total. The topological polar surface area (TPSA) is 57.5 Å². The molecular formula is C19H30O3. The predicted molar refractivity (Wildman–Crippen MR) is 83.9 cm³/mol. The Hall–Kier alpha value is -0.410. The van der Waals surface area contributed by atoms with Crippen molar-refractivity contribution in [3.05, 3.63) is 0 Å². The Kier molecular flexibility index (Phi) is 3.14. The highest BCUT2D eigenvalue weighted by molar-refractivity contribution is 5.87. The highest BCUT2D eigenvalue weighted by atomic mass is 16.5. The van der Waals surface area contributed by atoms with Crippen LogP contribution < -0.4 is 0 Å². The van der Waals surface area contributed by atoms with Crippen LogP contribution in [0.2, 0.25) is 0 Å². The van der Waals surface area contributed by atoms with Crippen molar-refractivity contribution in [2.45, 2.75) is 77.4 Å². The molecule has 6 unspecified atom stereocenters. The highest BCUT2D eigenvalue weighted by Gasteiger charge is 2.65. The van der Waals surface area contributed by atoms with Gasteiger partial charge in [-0.3, -0.25) is 4.79 Å². The van der Waals surface area contributed by atoms with Crippen molar-refractivity contribution in [1.29, 1.82) is 0 Å². The zero-order valence-corrected chi connectivity index (χ0v) is 14.0. The SMILES string of the molecule is CC12CCC3C(CCC4CCCC(O)(O)C43C)C1CCC2=O. The minimum absolute atomic E-state index is 0.118. The average Bonchev–Trinajstić information content (AvgIpc) is 2.76. The van der Waals surface area contributed by atoms with Crippen LogP contribution in [0.1, 0.15) is 71.6 Å². The molecule has 3 nitrogen and oxygen atoms in total. The lowest BCUT2D eigenvalue weighted by atomic mass is 9.44. The lowest BCUT2D eigenvalue weighted by Crippen LogP contribution is -2.63. The summed E-state index contributed by atoms with van der Waals surface area (Å²) < 4.78 is 0. The fourth-order valence-electron chi connectivity index (χ4n) is 7.13. The van der Waals surface area contributed by atoms with Crippen molar-refractivity contribution >= 4 is 5.78 Å². The van der Waals surface area contributed by atoms with Gasteiger partial charge in [-0.2, -0.15) is 0 Å². The number of hydrogen-bond donors (Lipinski definition) is 2. The second kappa shape index (κ2) is 4.57. The molecule has 4 saturated carbocycles. The maximum Gasteiger partial charge on any atom is 0.168 e. The summed E-state index contributed by atoms with van der Waals surface area (Å²) in [4.78, 5) is 12.4. The molecule has 0 aromatic rings. The summed E-state index contributed by atoms with van der Waals surface area (Å²) in [6.45, 7) is 4.33. The molecule has 0 aromatic carbocycles. The summed E-state index contributed by atoms with van der Waals surface area (Å²) in [6, 6.07) is 0. The van der Waals surface area contributed by atoms with Gasteiger partial charge in [0, 0.05) is 23.7 Å². The summed E-state index contributed by atoms with van der Waals surface area (Å²) in [7, 11) is 0. The van der Waals surface area contributed by atoms with Gasteiger partial charge in [-0.05, 0) is 68.6 Å². The Balaban J connectivity index is 1.72. The molecule has 4 fully saturated rings. The van der Waals surface area contributed by atoms with Gasteiger partial charge in [0.25, 0.3) is 0 Å². The number of aliphatic hydroxyl groups is 2. The molecule has 0 saturated heterocycles. The van der Waals surface area contributed by atoms with Crippen LogP contribution in [0.25, 0.3) is 0 Å². The van der Waals surface area contributed by atoms with E-state index in [1.54, 1.807) is 0 Å². The fourth-order valence-corrected chi connectivity index (χ4v) is 7.13. The molecule has 0 amide bonds. The molecule has 0 bridgehead atoms. The Labute approximate surface area is 133 Å². The van der Waals surface area contributed by atoms with Crippen LogP contribution in [0.15, 0.2) is 0 Å². The summed E-state index contributed by atoms with van der Waals surface area (Å²) in [5, 5.41) is 21.6. The second-order valence-corrected chi connectivity index (χ2v) is 9.06. The van der Waals surface area contributed by atoms with Crippen molar-refractivity contribution in [1.82, 2.24) is 0 Å². The number of carbonyl (C=O) groups excluding carboxylic acids is 1. The first-order valence-electron chi connectivity index (χ1n) is 9.29. The van der Waals surface area contributed by atoms with E-state index in [9.17, 15) is 15.0 Å². The van der Waals surface area contributed by atoms with E-state index in [-0.39, 0.29) is 10.8 Å². The summed E-state index contributed by atoms with van der Waals surface area (Å²) in [5.74, 6) is 0.767. The monoisotopic (exact) mass is 306 g/mol. The molecular weight excluding hydrogens is 276 g/mol. The molecule has 6 atom stereocenters. The Morgan fingerprint density at radius 1 is 0.955 bits per heavy atom. The molecule has 0 aromatic heterocycles. The van der Waals surface area contributed by atoms with E-state index in [2.05, 4.69) is 13.8 Å². The molecule has 0 spiro atoms. The summed E-state index contributed by atoms with van der Waals surface area (Å²) in [6.07, 6.45) is 8.62. The fraction of sp³-hybridized carbons (Fsp3) is 0.947. The molecule has 124 valence electrons. The molecule has 0 heterocycles. The minimum Gasteiger partial charge on any atom is -0.365 e. The van der Waals surface area contributed by atoms with E-state index < -0.39 is 5.79 Å². The van der Waals surface area contributed by atoms with Gasteiger partial charge in [-0.25, -0.2) is 0 Å². The molecule has 22 heavy (non-hydrogen) atoms. The standard InChI is InChI=1S/C19H30O3/c1-17-11-9-15-13(14(17)7-8-16(17)20)6-5-12-4-3-10-19(21,22)18(12,15)2/h12-15,21-22H,3-11H2,1-2H3. The van der Waals surface area contributed by atoms with Crippen LogP contribution in [0.5, 0.6) is 0 Å². The first kappa shape index (κ1) is 15.1. The normalized spacial score (nSPS) is 53.5. The average molecular weight is 306 g/mol. The zero-order chi connectivity index (χ0) is 15.8. The van der Waals surface area contributed by atoms with Gasteiger partial charge in [0.2, 0.25) is 0 Å². The quantitative estimate of drug-likeness (QED) is 0.675. The van der Waals surface area contributed by atoms with Crippen molar-refractivity contribution < 1.29 is 15.0 Å². The van der Waals surface area contributed by atoms with Crippen LogP contribution in [0.4, 0.5) is 0 Å². The van der Waals surface area contributed by atoms with Gasteiger partial charge in [-0.15, -0.1) is 0 Å². The Morgan fingerprint density at radius 2 is 1.73 bits per heavy atom. The molecule has 0 aliphatic heterocycles. The van der Waals surface area contributed by atoms with Crippen LogP contribution >= 0.6 is 0 Å². The maximum absolute atomic E-state index is 12.4. The van der Waals surface area contributed by atoms with Crippen molar-refractivity contribution in [2.75, 3.05) is 0 Å². The molecule has 4 rings (SSSR count). The molecule has 3 heteroatoms. The first-order valence-corrected chi connectivity index (χ1v) is 9.29. The number of hydrogen-bond acceptors (Lipinski definition) is 3. The van der Waals surface area contributed by atoms with Crippen LogP contribution in [-0.2, 0) is 4.79 Å². The third-order valence-electron chi connectivity index (χ3n) is 8.55. The van der Waals surface area contributed by atoms with E-state index >= 15 is 0 Å². The van der Waals surface area contributed by atoms with Gasteiger partial charge in [0.1, 0.15) is 5.78 Å². The Bertz CT molecular complexity index is 499. The van der Waals surface area contributed by atoms with E-state index in [4.69, 9.17) is 0 Å². The smallest absolute Gasteiger partial charge is 0.168 e. The highest BCUT2D eigenvalue weighted by Crippen LogP contribution is 2.67. The summed E-state index contributed by atoms with van der Waals surface area (Å²) in [5.41, 5.74) is -0.492. The van der Waals surface area contributed by atoms with E-state index in [0.717, 1.165) is 44.9 Å². The molecule has 4 aliphatic rings. The van der Waals surface area contributed by atoms with Crippen molar-refractivity contribution in [3.8, 4) is 0 Å². The van der Waals surface area contributed by atoms with E-state index in [1.807, 2.05) is 0 Å². The third kappa shape index (κ3) is 1.67. The van der Waals surface area contributed by atoms with Gasteiger partial charge < -0.3 is 10.2 Å². The van der Waals surface area contributed by atoms with E-state index in [0.29, 0.717) is 35.9 Å². The number of fused-ring (bicyclic) bond motifs is 5. The largest absolute Gasteiger partial charge is 0.365 e. The third-order valence-corrected chi connectivity index (χ3v) is 8.55. The lowest BCUT2D eigenvalue weighted by Gasteiger charge is -2.63. The summed E-state index contributed by atoms with van der Waals surface area (Å²) >= 11 is 0. The molecule has 0 radical (unpaired) electrons. The van der Waals surface area contributed by atoms with Crippen LogP contribution in [-0.4, -0.2) is 21.8 Å². The maximum atomic E-state index is 12.4. The zero-order valence-electron chi connectivity index (χ0n) is 14.0. The van der Waals surface area contributed by atoms with Crippen molar-refractivity contribution in [2.24, 2.45) is 34.5 Å². The number of carbonyl (C=O) groups is 1. The van der Waals surface area contributed by atoms with Gasteiger partial charge in [0.15, 0.2) is 5.79 Å². The molecule has 4 aliphatic carbocycles. The van der Waals surface area contributed by atoms with Crippen molar-refractivity contribution in [3.63, 3.8) is 0 Å². The van der Waals surface area contributed by atoms with Crippen LogP contribution in [0.3, 0.4) is 0 Å². The van der Waals surface area contributed by atoms with Gasteiger partial charge in [0.05, 0.1) is 0 Å². The van der Waals surface area contributed by atoms with E-state index in [1.165, 1.54) is 6.42 Å². The number of ketones is 1. The van der Waals surface area contributed by atoms with Gasteiger partial charge in [-0.1, -0.05) is 13.8 Å².